The molecule has 1 N–H and O–H groups in total. The Hall–Kier alpha value is -1.65. The second kappa shape index (κ2) is 7.49. The van der Waals surface area contributed by atoms with Crippen LogP contribution in [0, 0.1) is 11.8 Å². The highest BCUT2D eigenvalue weighted by Gasteiger charge is 2.33. The van der Waals surface area contributed by atoms with E-state index >= 15 is 0 Å². The van der Waals surface area contributed by atoms with Crippen molar-refractivity contribution in [2.75, 3.05) is 32.8 Å². The molecule has 0 radical (unpaired) electrons. The van der Waals surface area contributed by atoms with Gasteiger partial charge in [0.25, 0.3) is 0 Å². The molecular weight excluding hydrogens is 302 g/mol. The Balaban J connectivity index is 1.63. The number of aliphatic carboxylic acids is 1. The summed E-state index contributed by atoms with van der Waals surface area (Å²) < 4.78 is 5.45. The third-order valence-corrected chi connectivity index (χ3v) is 5.16. The number of benzene rings is 1. The third-order valence-electron chi connectivity index (χ3n) is 5.16. The normalized spacial score (nSPS) is 21.1. The molecule has 1 aromatic rings. The number of nitrogens with zero attached hydrogens (tertiary/aromatic N) is 1. The summed E-state index contributed by atoms with van der Waals surface area (Å²) >= 11 is 0. The molecule has 2 aliphatic rings. The van der Waals surface area contributed by atoms with Gasteiger partial charge in [0.1, 0.15) is 0 Å². The summed E-state index contributed by atoms with van der Waals surface area (Å²) in [6.07, 6.45) is 4.35. The first-order valence-electron chi connectivity index (χ1n) is 8.92. The minimum Gasteiger partial charge on any atom is -0.481 e. The van der Waals surface area contributed by atoms with Crippen molar-refractivity contribution in [3.63, 3.8) is 0 Å². The van der Waals surface area contributed by atoms with Crippen LogP contribution in [0.2, 0.25) is 0 Å². The lowest BCUT2D eigenvalue weighted by atomic mass is 9.83. The maximum Gasteiger partial charge on any atom is 0.309 e. The first-order chi connectivity index (χ1) is 11.6. The van der Waals surface area contributed by atoms with E-state index in [4.69, 9.17) is 9.84 Å². The molecule has 3 rings (SSSR count). The van der Waals surface area contributed by atoms with Gasteiger partial charge in [-0.1, -0.05) is 36.8 Å². The predicted octanol–water partition coefficient (Wildman–Crippen LogP) is 2.86. The van der Waals surface area contributed by atoms with Crippen molar-refractivity contribution in [2.45, 2.75) is 26.7 Å². The van der Waals surface area contributed by atoms with Crippen LogP contribution in [0.4, 0.5) is 0 Å². The van der Waals surface area contributed by atoms with E-state index in [-0.39, 0.29) is 5.92 Å². The minimum atomic E-state index is -0.665. The number of ether oxygens (including phenoxy) is 1. The molecule has 1 heterocycles. The van der Waals surface area contributed by atoms with Crippen LogP contribution >= 0.6 is 0 Å². The summed E-state index contributed by atoms with van der Waals surface area (Å²) in [5, 5.41) is 8.99. The Morgan fingerprint density at radius 2 is 2.17 bits per heavy atom. The molecule has 0 aromatic heterocycles. The fourth-order valence-electron chi connectivity index (χ4n) is 3.58. The molecule has 1 fully saturated rings. The van der Waals surface area contributed by atoms with Crippen molar-refractivity contribution in [3.8, 4) is 0 Å². The van der Waals surface area contributed by atoms with Crippen molar-refractivity contribution in [1.82, 2.24) is 4.90 Å². The van der Waals surface area contributed by atoms with Crippen LogP contribution in [0.5, 0.6) is 0 Å². The summed E-state index contributed by atoms with van der Waals surface area (Å²) in [6.45, 7) is 8.12. The highest BCUT2D eigenvalue weighted by molar-refractivity contribution is 5.71. The van der Waals surface area contributed by atoms with Gasteiger partial charge in [0.05, 0.1) is 12.5 Å². The van der Waals surface area contributed by atoms with E-state index < -0.39 is 5.97 Å². The first-order valence-corrected chi connectivity index (χ1v) is 8.92. The molecule has 1 atom stereocenters. The Morgan fingerprint density at radius 3 is 2.88 bits per heavy atom. The molecule has 4 nitrogen and oxygen atoms in total. The summed E-state index contributed by atoms with van der Waals surface area (Å²) in [5.41, 5.74) is 5.51. The lowest BCUT2D eigenvalue weighted by Gasteiger charge is -2.38. The highest BCUT2D eigenvalue weighted by atomic mass is 16.5. The van der Waals surface area contributed by atoms with Gasteiger partial charge >= 0.3 is 5.97 Å². The molecule has 1 saturated heterocycles. The van der Waals surface area contributed by atoms with E-state index in [0.29, 0.717) is 19.0 Å². The largest absolute Gasteiger partial charge is 0.481 e. The topological polar surface area (TPSA) is 49.8 Å². The second-order valence-electron chi connectivity index (χ2n) is 7.03. The van der Waals surface area contributed by atoms with Gasteiger partial charge < -0.3 is 9.84 Å². The van der Waals surface area contributed by atoms with Gasteiger partial charge in [-0.15, -0.1) is 0 Å². The van der Waals surface area contributed by atoms with Gasteiger partial charge in [-0.05, 0) is 42.4 Å². The number of carboxylic acids is 1. The van der Waals surface area contributed by atoms with Crippen LogP contribution in [0.3, 0.4) is 0 Å². The van der Waals surface area contributed by atoms with Gasteiger partial charge in [0.15, 0.2) is 0 Å². The fourth-order valence-corrected chi connectivity index (χ4v) is 3.58. The molecule has 1 aliphatic heterocycles. The predicted molar refractivity (Wildman–Crippen MR) is 95.0 cm³/mol. The number of carboxylic acid groups (broad SMARTS) is 1. The zero-order valence-electron chi connectivity index (χ0n) is 14.6. The Labute approximate surface area is 144 Å². The molecule has 0 unspecified atom stereocenters. The molecule has 0 amide bonds. The van der Waals surface area contributed by atoms with Crippen molar-refractivity contribution in [3.05, 3.63) is 40.5 Å². The summed E-state index contributed by atoms with van der Waals surface area (Å²) in [4.78, 5) is 13.2. The Kier molecular flexibility index (Phi) is 5.36. The van der Waals surface area contributed by atoms with Crippen molar-refractivity contribution < 1.29 is 14.6 Å². The molecule has 1 aromatic carbocycles. The molecule has 4 heteroatoms. The van der Waals surface area contributed by atoms with E-state index in [1.165, 1.54) is 22.3 Å². The molecule has 0 saturated carbocycles. The SMILES string of the molecule is CCOCCc1ccc2c(c1)C[C@@H](C)C(CN1CC(C(=O)O)C1)=C2. The number of hydrogen-bond donors (Lipinski definition) is 1. The lowest BCUT2D eigenvalue weighted by molar-refractivity contribution is -0.147. The van der Waals surface area contributed by atoms with Gasteiger partial charge in [0.2, 0.25) is 0 Å². The molecule has 1 aliphatic carbocycles. The zero-order valence-corrected chi connectivity index (χ0v) is 14.6. The monoisotopic (exact) mass is 329 g/mol. The van der Waals surface area contributed by atoms with Gasteiger partial charge in [-0.3, -0.25) is 9.69 Å². The molecule has 24 heavy (non-hydrogen) atoms. The molecule has 0 bridgehead atoms. The van der Waals surface area contributed by atoms with Crippen LogP contribution in [-0.4, -0.2) is 48.8 Å². The number of rotatable bonds is 7. The summed E-state index contributed by atoms with van der Waals surface area (Å²) in [6, 6.07) is 6.74. The standard InChI is InChI=1S/C20H27NO3/c1-3-24-7-6-15-4-5-16-10-18(14(2)8-17(16)9-15)11-21-12-19(13-21)20(22)23/h4-5,9-10,14,19H,3,6-8,11-13H2,1-2H3,(H,22,23)/t14-/m1/s1. The summed E-state index contributed by atoms with van der Waals surface area (Å²) in [5.74, 6) is -0.324. The summed E-state index contributed by atoms with van der Waals surface area (Å²) in [7, 11) is 0. The van der Waals surface area contributed by atoms with E-state index in [0.717, 1.165) is 32.6 Å². The first kappa shape index (κ1) is 17.2. The number of likely N-dealkylation sites (tertiary alicyclic amines) is 1. The zero-order chi connectivity index (χ0) is 17.1. The van der Waals surface area contributed by atoms with Crippen LogP contribution in [0.25, 0.3) is 6.08 Å². The second-order valence-corrected chi connectivity index (χ2v) is 7.03. The van der Waals surface area contributed by atoms with Crippen LogP contribution in [-0.2, 0) is 22.4 Å². The van der Waals surface area contributed by atoms with Crippen molar-refractivity contribution >= 4 is 12.0 Å². The van der Waals surface area contributed by atoms with Gasteiger partial charge in [0, 0.05) is 26.2 Å². The number of fused-ring (bicyclic) bond motifs is 1. The average Bonchev–Trinajstić information content (AvgIpc) is 2.50. The van der Waals surface area contributed by atoms with Crippen LogP contribution in [0.15, 0.2) is 23.8 Å². The average molecular weight is 329 g/mol. The van der Waals surface area contributed by atoms with E-state index in [9.17, 15) is 4.79 Å². The van der Waals surface area contributed by atoms with Crippen molar-refractivity contribution in [2.24, 2.45) is 11.8 Å². The minimum absolute atomic E-state index is 0.176. The number of carbonyl (C=O) groups is 1. The number of hydrogen-bond acceptors (Lipinski definition) is 3. The Bertz CT molecular complexity index is 632. The fraction of sp³-hybridized carbons (Fsp3) is 0.550. The van der Waals surface area contributed by atoms with E-state index in [1.807, 2.05) is 6.92 Å². The third kappa shape index (κ3) is 3.87. The van der Waals surface area contributed by atoms with Crippen molar-refractivity contribution in [1.29, 1.82) is 0 Å². The molecule has 0 spiro atoms. The Morgan fingerprint density at radius 1 is 1.38 bits per heavy atom. The van der Waals surface area contributed by atoms with Crippen LogP contribution in [0.1, 0.15) is 30.5 Å². The van der Waals surface area contributed by atoms with Gasteiger partial charge in [-0.2, -0.15) is 0 Å². The van der Waals surface area contributed by atoms with Gasteiger partial charge in [-0.25, -0.2) is 0 Å². The quantitative estimate of drug-likeness (QED) is 0.782. The molecule has 130 valence electrons. The van der Waals surface area contributed by atoms with Crippen LogP contribution < -0.4 is 0 Å². The maximum atomic E-state index is 10.9. The van der Waals surface area contributed by atoms with E-state index in [1.54, 1.807) is 0 Å². The lowest BCUT2D eigenvalue weighted by Crippen LogP contribution is -2.51. The smallest absolute Gasteiger partial charge is 0.309 e. The van der Waals surface area contributed by atoms with E-state index in [2.05, 4.69) is 36.1 Å². The maximum absolute atomic E-state index is 10.9. The molecular formula is C20H27NO3. The highest BCUT2D eigenvalue weighted by Crippen LogP contribution is 2.31.